The standard InChI is InChI=1S/C24H29FN2O5/c1-4-5-13-31-21-11-9-19(10-12-21)23(29)26-15-22(28)32-17(2)24(30)27(3)16-18-7-6-8-20(25)14-18/h6-12,14,17H,4-5,13,15-16H2,1-3H3,(H,26,29). The number of carbonyl (C=O) groups excluding carboxylic acids is 3. The average Bonchev–Trinajstić information content (AvgIpc) is 2.77. The largest absolute Gasteiger partial charge is 0.494 e. The number of hydrogen-bond donors (Lipinski definition) is 1. The number of unbranched alkanes of at least 4 members (excludes halogenated alkanes) is 1. The minimum absolute atomic E-state index is 0.174. The summed E-state index contributed by atoms with van der Waals surface area (Å²) < 4.78 is 24.0. The Morgan fingerprint density at radius 1 is 1.12 bits per heavy atom. The zero-order valence-corrected chi connectivity index (χ0v) is 18.6. The van der Waals surface area contributed by atoms with Gasteiger partial charge in [-0.3, -0.25) is 14.4 Å². The molecule has 0 saturated heterocycles. The second-order valence-electron chi connectivity index (χ2n) is 7.37. The molecule has 0 radical (unpaired) electrons. The van der Waals surface area contributed by atoms with Crippen LogP contribution in [0.25, 0.3) is 0 Å². The molecule has 0 saturated carbocycles. The van der Waals surface area contributed by atoms with Crippen LogP contribution in [0.1, 0.15) is 42.6 Å². The molecule has 1 N–H and O–H groups in total. The number of carbonyl (C=O) groups is 3. The molecule has 0 bridgehead atoms. The predicted molar refractivity (Wildman–Crippen MR) is 118 cm³/mol. The molecule has 2 rings (SSSR count). The van der Waals surface area contributed by atoms with Crippen LogP contribution in [0.2, 0.25) is 0 Å². The van der Waals surface area contributed by atoms with E-state index in [-0.39, 0.29) is 13.1 Å². The van der Waals surface area contributed by atoms with Crippen molar-refractivity contribution in [2.45, 2.75) is 39.3 Å². The summed E-state index contributed by atoms with van der Waals surface area (Å²) in [5, 5.41) is 2.47. The lowest BCUT2D eigenvalue weighted by Gasteiger charge is -2.21. The van der Waals surface area contributed by atoms with E-state index < -0.39 is 29.7 Å². The number of benzene rings is 2. The fourth-order valence-electron chi connectivity index (χ4n) is 2.88. The maximum absolute atomic E-state index is 13.3. The van der Waals surface area contributed by atoms with Gasteiger partial charge in [-0.1, -0.05) is 25.5 Å². The Kier molecular flexibility index (Phi) is 9.66. The van der Waals surface area contributed by atoms with Gasteiger partial charge in [0.05, 0.1) is 6.61 Å². The second-order valence-corrected chi connectivity index (χ2v) is 7.37. The Morgan fingerprint density at radius 2 is 1.84 bits per heavy atom. The van der Waals surface area contributed by atoms with Crippen LogP contribution in [0, 0.1) is 5.82 Å². The molecule has 0 aliphatic heterocycles. The molecule has 1 atom stereocenters. The quantitative estimate of drug-likeness (QED) is 0.425. The van der Waals surface area contributed by atoms with E-state index in [2.05, 4.69) is 12.2 Å². The first-order chi connectivity index (χ1) is 15.3. The summed E-state index contributed by atoms with van der Waals surface area (Å²) in [6, 6.07) is 12.5. The van der Waals surface area contributed by atoms with Gasteiger partial charge in [0, 0.05) is 19.2 Å². The normalized spacial score (nSPS) is 11.4. The fraction of sp³-hybridized carbons (Fsp3) is 0.375. The molecular weight excluding hydrogens is 415 g/mol. The lowest BCUT2D eigenvalue weighted by molar-refractivity contribution is -0.157. The fourth-order valence-corrected chi connectivity index (χ4v) is 2.88. The van der Waals surface area contributed by atoms with Crippen LogP contribution >= 0.6 is 0 Å². The highest BCUT2D eigenvalue weighted by Crippen LogP contribution is 2.13. The molecule has 0 aliphatic carbocycles. The third-order valence-electron chi connectivity index (χ3n) is 4.62. The van der Waals surface area contributed by atoms with Gasteiger partial charge in [-0.2, -0.15) is 0 Å². The van der Waals surface area contributed by atoms with Crippen LogP contribution in [0.3, 0.4) is 0 Å². The maximum Gasteiger partial charge on any atom is 0.326 e. The number of hydrogen-bond acceptors (Lipinski definition) is 5. The van der Waals surface area contributed by atoms with E-state index in [0.29, 0.717) is 23.5 Å². The summed E-state index contributed by atoms with van der Waals surface area (Å²) in [4.78, 5) is 38.0. The molecule has 8 heteroatoms. The zero-order valence-electron chi connectivity index (χ0n) is 18.6. The van der Waals surface area contributed by atoms with E-state index in [0.717, 1.165) is 12.8 Å². The Morgan fingerprint density at radius 3 is 2.50 bits per heavy atom. The highest BCUT2D eigenvalue weighted by Gasteiger charge is 2.22. The van der Waals surface area contributed by atoms with E-state index in [1.165, 1.54) is 31.0 Å². The van der Waals surface area contributed by atoms with Crippen molar-refractivity contribution in [1.82, 2.24) is 10.2 Å². The van der Waals surface area contributed by atoms with Gasteiger partial charge in [0.15, 0.2) is 6.10 Å². The van der Waals surface area contributed by atoms with E-state index in [1.807, 2.05) is 0 Å². The van der Waals surface area contributed by atoms with Crippen molar-refractivity contribution in [2.24, 2.45) is 0 Å². The van der Waals surface area contributed by atoms with Crippen molar-refractivity contribution in [1.29, 1.82) is 0 Å². The number of rotatable bonds is 11. The summed E-state index contributed by atoms with van der Waals surface area (Å²) >= 11 is 0. The Labute approximate surface area is 187 Å². The van der Waals surface area contributed by atoms with Gasteiger partial charge < -0.3 is 19.7 Å². The Hall–Kier alpha value is -3.42. The molecule has 172 valence electrons. The number of nitrogens with zero attached hydrogens (tertiary/aromatic N) is 1. The van der Waals surface area contributed by atoms with Gasteiger partial charge in [0.2, 0.25) is 0 Å². The zero-order chi connectivity index (χ0) is 23.5. The summed E-state index contributed by atoms with van der Waals surface area (Å²) in [6.07, 6.45) is 0.938. The first-order valence-electron chi connectivity index (χ1n) is 10.5. The minimum atomic E-state index is -1.04. The molecule has 0 aliphatic rings. The first-order valence-corrected chi connectivity index (χ1v) is 10.5. The molecule has 0 aromatic heterocycles. The van der Waals surface area contributed by atoms with Crippen molar-refractivity contribution in [3.63, 3.8) is 0 Å². The van der Waals surface area contributed by atoms with Crippen LogP contribution in [-0.2, 0) is 20.9 Å². The Balaban J connectivity index is 1.77. The van der Waals surface area contributed by atoms with Crippen LogP contribution in [0.4, 0.5) is 4.39 Å². The Bertz CT molecular complexity index is 917. The predicted octanol–water partition coefficient (Wildman–Crippen LogP) is 3.32. The van der Waals surface area contributed by atoms with E-state index in [9.17, 15) is 18.8 Å². The second kappa shape index (κ2) is 12.4. The number of amides is 2. The number of likely N-dealkylation sites (N-methyl/N-ethyl adjacent to an activating group) is 1. The van der Waals surface area contributed by atoms with Crippen molar-refractivity contribution in [2.75, 3.05) is 20.2 Å². The third-order valence-corrected chi connectivity index (χ3v) is 4.62. The summed E-state index contributed by atoms with van der Waals surface area (Å²) in [5.41, 5.74) is 0.994. The van der Waals surface area contributed by atoms with Gasteiger partial charge in [-0.15, -0.1) is 0 Å². The lowest BCUT2D eigenvalue weighted by Crippen LogP contribution is -2.39. The third kappa shape index (κ3) is 8.02. The summed E-state index contributed by atoms with van der Waals surface area (Å²) in [5.74, 6) is -1.34. The number of ether oxygens (including phenoxy) is 2. The first kappa shape index (κ1) is 24.8. The van der Waals surface area contributed by atoms with E-state index >= 15 is 0 Å². The van der Waals surface area contributed by atoms with Crippen molar-refractivity contribution in [3.05, 3.63) is 65.5 Å². The topological polar surface area (TPSA) is 84.9 Å². The van der Waals surface area contributed by atoms with Crippen molar-refractivity contribution >= 4 is 17.8 Å². The highest BCUT2D eigenvalue weighted by molar-refractivity contribution is 5.96. The molecule has 2 aromatic rings. The van der Waals surface area contributed by atoms with E-state index in [1.54, 1.807) is 36.4 Å². The summed E-state index contributed by atoms with van der Waals surface area (Å²) in [6.45, 7) is 3.93. The van der Waals surface area contributed by atoms with Crippen molar-refractivity contribution < 1.29 is 28.2 Å². The average molecular weight is 445 g/mol. The molecule has 0 spiro atoms. The van der Waals surface area contributed by atoms with Crippen molar-refractivity contribution in [3.8, 4) is 5.75 Å². The SMILES string of the molecule is CCCCOc1ccc(C(=O)NCC(=O)OC(C)C(=O)N(C)Cc2cccc(F)c2)cc1. The maximum atomic E-state index is 13.3. The number of nitrogens with one attached hydrogen (secondary N) is 1. The lowest BCUT2D eigenvalue weighted by atomic mass is 10.2. The molecule has 2 aromatic carbocycles. The molecule has 0 heterocycles. The molecule has 1 unspecified atom stereocenters. The monoisotopic (exact) mass is 444 g/mol. The molecule has 2 amide bonds. The summed E-state index contributed by atoms with van der Waals surface area (Å²) in [7, 11) is 1.54. The molecule has 0 fully saturated rings. The van der Waals surface area contributed by atoms with Gasteiger partial charge in [0.1, 0.15) is 18.1 Å². The van der Waals surface area contributed by atoms with Crippen LogP contribution in [0.5, 0.6) is 5.75 Å². The highest BCUT2D eigenvalue weighted by atomic mass is 19.1. The molecule has 32 heavy (non-hydrogen) atoms. The molecular formula is C24H29FN2O5. The van der Waals surface area contributed by atoms with Gasteiger partial charge in [0.25, 0.3) is 11.8 Å². The smallest absolute Gasteiger partial charge is 0.326 e. The van der Waals surface area contributed by atoms with Gasteiger partial charge in [-0.05, 0) is 55.3 Å². The minimum Gasteiger partial charge on any atom is -0.494 e. The van der Waals surface area contributed by atoms with E-state index in [4.69, 9.17) is 9.47 Å². The van der Waals surface area contributed by atoms with Crippen LogP contribution in [-0.4, -0.2) is 49.0 Å². The molecule has 7 nitrogen and oxygen atoms in total. The number of esters is 1. The number of halogens is 1. The van der Waals surface area contributed by atoms with Crippen LogP contribution < -0.4 is 10.1 Å². The van der Waals surface area contributed by atoms with Gasteiger partial charge in [-0.25, -0.2) is 4.39 Å². The van der Waals surface area contributed by atoms with Gasteiger partial charge >= 0.3 is 5.97 Å². The van der Waals surface area contributed by atoms with Crippen LogP contribution in [0.15, 0.2) is 48.5 Å².